The zero-order valence-corrected chi connectivity index (χ0v) is 32.3. The van der Waals surface area contributed by atoms with Crippen LogP contribution in [-0.2, 0) is 28.6 Å². The van der Waals surface area contributed by atoms with Crippen LogP contribution in [0.3, 0.4) is 0 Å². The van der Waals surface area contributed by atoms with Crippen molar-refractivity contribution in [3.8, 4) is 0 Å². The van der Waals surface area contributed by atoms with E-state index in [1.54, 1.807) is 0 Å². The number of hydrogen-bond donors (Lipinski definition) is 1. The highest BCUT2D eigenvalue weighted by atomic mass is 16.6. The first-order valence-electron chi connectivity index (χ1n) is 19.3. The molecule has 0 fully saturated rings. The molecule has 0 aliphatic rings. The van der Waals surface area contributed by atoms with Gasteiger partial charge in [0.2, 0.25) is 0 Å². The monoisotopic (exact) mass is 703 g/mol. The second kappa shape index (κ2) is 33.2. The Morgan fingerprint density at radius 1 is 0.600 bits per heavy atom. The number of quaternary nitrogens is 1. The third-order valence-corrected chi connectivity index (χ3v) is 8.18. The maximum Gasteiger partial charge on any atom is 0.362 e. The number of unbranched alkanes of at least 4 members (excludes halogenated alkanes) is 9. The van der Waals surface area contributed by atoms with Crippen LogP contribution in [0.2, 0.25) is 0 Å². The van der Waals surface area contributed by atoms with E-state index in [2.05, 4.69) is 62.5 Å². The molecule has 2 atom stereocenters. The fraction of sp³-hybridized carbons (Fsp3) is 0.690. The summed E-state index contributed by atoms with van der Waals surface area (Å²) >= 11 is 0. The summed E-state index contributed by atoms with van der Waals surface area (Å²) in [5.74, 6) is -1.58. The SMILES string of the molecule is CC/C=C/C/C=C/C/C=C/CCCCCCCCCCCC(=O)OCC(COCCC(C(=O)O)[N+](C)(C)C)OC(=O)CC/C=C/C/C=C/CC. The zero-order valence-electron chi connectivity index (χ0n) is 32.3. The lowest BCUT2D eigenvalue weighted by Crippen LogP contribution is -2.50. The number of hydrogen-bond acceptors (Lipinski definition) is 6. The van der Waals surface area contributed by atoms with Gasteiger partial charge in [-0.3, -0.25) is 9.59 Å². The average molecular weight is 703 g/mol. The number of carboxylic acids is 1. The van der Waals surface area contributed by atoms with Gasteiger partial charge in [0.05, 0.1) is 34.4 Å². The highest BCUT2D eigenvalue weighted by Gasteiger charge is 2.31. The van der Waals surface area contributed by atoms with E-state index in [1.807, 2.05) is 33.3 Å². The molecule has 0 radical (unpaired) electrons. The van der Waals surface area contributed by atoms with Crippen molar-refractivity contribution in [2.45, 2.75) is 148 Å². The predicted molar refractivity (Wildman–Crippen MR) is 206 cm³/mol. The van der Waals surface area contributed by atoms with E-state index in [4.69, 9.17) is 14.2 Å². The molecule has 2 unspecified atom stereocenters. The number of rotatable bonds is 33. The summed E-state index contributed by atoms with van der Waals surface area (Å²) < 4.78 is 17.1. The van der Waals surface area contributed by atoms with Crippen molar-refractivity contribution < 1.29 is 38.2 Å². The molecule has 0 amide bonds. The number of ether oxygens (including phenoxy) is 3. The first-order valence-corrected chi connectivity index (χ1v) is 19.3. The first-order chi connectivity index (χ1) is 24.1. The van der Waals surface area contributed by atoms with Crippen LogP contribution in [0.1, 0.15) is 136 Å². The Morgan fingerprint density at radius 3 is 1.64 bits per heavy atom. The third kappa shape index (κ3) is 31.0. The van der Waals surface area contributed by atoms with E-state index in [0.29, 0.717) is 19.3 Å². The van der Waals surface area contributed by atoms with Crippen LogP contribution in [0.5, 0.6) is 0 Å². The van der Waals surface area contributed by atoms with Crippen LogP contribution >= 0.6 is 0 Å². The number of carbonyl (C=O) groups is 3. The number of nitrogens with zero attached hydrogens (tertiary/aromatic N) is 1. The van der Waals surface area contributed by atoms with E-state index in [-0.39, 0.29) is 42.7 Å². The van der Waals surface area contributed by atoms with Crippen molar-refractivity contribution in [3.63, 3.8) is 0 Å². The molecule has 8 heteroatoms. The maximum atomic E-state index is 12.5. The number of aliphatic carboxylic acids is 1. The van der Waals surface area contributed by atoms with E-state index in [9.17, 15) is 19.5 Å². The number of carbonyl (C=O) groups excluding carboxylic acids is 2. The van der Waals surface area contributed by atoms with Gasteiger partial charge in [-0.25, -0.2) is 4.79 Å². The molecular formula is C42H72NO7+. The maximum absolute atomic E-state index is 12.5. The molecule has 0 spiro atoms. The standard InChI is InChI=1S/C42H71NO7/c1-6-8-10-12-14-15-16-17-18-19-20-21-22-23-24-25-27-28-30-32-40(44)49-37-38(36-48-35-34-39(42(46)47)43(3,4)5)50-41(45)33-31-29-26-13-11-9-7-2/h8-11,14-15,17-18,26,29,38-39H,6-7,12-13,16,19-25,27-28,30-37H2,1-5H3/p+1/b10-8+,11-9+,15-14+,18-17+,29-26+. The number of esters is 2. The first kappa shape index (κ1) is 47.0. The van der Waals surface area contributed by atoms with Crippen molar-refractivity contribution in [3.05, 3.63) is 60.8 Å². The quantitative estimate of drug-likeness (QED) is 0.0315. The van der Waals surface area contributed by atoms with Gasteiger partial charge in [-0.05, 0) is 57.8 Å². The van der Waals surface area contributed by atoms with E-state index >= 15 is 0 Å². The Balaban J connectivity index is 4.28. The highest BCUT2D eigenvalue weighted by molar-refractivity contribution is 5.72. The molecule has 0 aliphatic carbocycles. The minimum Gasteiger partial charge on any atom is -0.477 e. The molecule has 286 valence electrons. The van der Waals surface area contributed by atoms with E-state index < -0.39 is 18.1 Å². The predicted octanol–water partition coefficient (Wildman–Crippen LogP) is 9.85. The van der Waals surface area contributed by atoms with Crippen LogP contribution in [0.4, 0.5) is 0 Å². The fourth-order valence-corrected chi connectivity index (χ4v) is 5.22. The number of allylic oxidation sites excluding steroid dienone is 10. The van der Waals surface area contributed by atoms with Gasteiger partial charge in [0.1, 0.15) is 6.61 Å². The van der Waals surface area contributed by atoms with Crippen LogP contribution in [-0.4, -0.2) is 80.6 Å². The average Bonchev–Trinajstić information content (AvgIpc) is 3.06. The van der Waals surface area contributed by atoms with Gasteiger partial charge in [0.15, 0.2) is 12.1 Å². The Hall–Kier alpha value is -2.97. The molecule has 0 aromatic rings. The molecule has 0 bridgehead atoms. The molecule has 50 heavy (non-hydrogen) atoms. The van der Waals surface area contributed by atoms with Crippen LogP contribution in [0.25, 0.3) is 0 Å². The molecule has 0 saturated heterocycles. The fourth-order valence-electron chi connectivity index (χ4n) is 5.22. The summed E-state index contributed by atoms with van der Waals surface area (Å²) in [6, 6.07) is -0.624. The van der Waals surface area contributed by atoms with Crippen LogP contribution in [0.15, 0.2) is 60.8 Å². The molecule has 0 heterocycles. The summed E-state index contributed by atoms with van der Waals surface area (Å²) in [7, 11) is 5.48. The second-order valence-electron chi connectivity index (χ2n) is 13.8. The molecule has 0 rings (SSSR count). The zero-order chi connectivity index (χ0) is 37.1. The lowest BCUT2D eigenvalue weighted by molar-refractivity contribution is -0.887. The smallest absolute Gasteiger partial charge is 0.362 e. The molecule has 0 saturated carbocycles. The van der Waals surface area contributed by atoms with Gasteiger partial charge in [-0.1, -0.05) is 120 Å². The van der Waals surface area contributed by atoms with Crippen molar-refractivity contribution >= 4 is 17.9 Å². The lowest BCUT2D eigenvalue weighted by atomic mass is 10.1. The molecule has 0 aromatic carbocycles. The summed E-state index contributed by atoms with van der Waals surface area (Å²) in [5, 5.41) is 9.56. The topological polar surface area (TPSA) is 99.1 Å². The lowest BCUT2D eigenvalue weighted by Gasteiger charge is -2.31. The van der Waals surface area contributed by atoms with Crippen molar-refractivity contribution in [1.29, 1.82) is 0 Å². The summed E-state index contributed by atoms with van der Waals surface area (Å²) in [6.45, 7) is 4.38. The van der Waals surface area contributed by atoms with Crippen molar-refractivity contribution in [1.82, 2.24) is 0 Å². The third-order valence-electron chi connectivity index (χ3n) is 8.18. The minimum atomic E-state index is -0.888. The van der Waals surface area contributed by atoms with Crippen LogP contribution < -0.4 is 0 Å². The summed E-state index contributed by atoms with van der Waals surface area (Å²) in [5.41, 5.74) is 0. The van der Waals surface area contributed by atoms with Gasteiger partial charge in [0.25, 0.3) is 0 Å². The van der Waals surface area contributed by atoms with Gasteiger partial charge in [-0.15, -0.1) is 0 Å². The summed E-state index contributed by atoms with van der Waals surface area (Å²) in [6.07, 6.45) is 38.8. The Kier molecular flexibility index (Phi) is 31.2. The Morgan fingerprint density at radius 2 is 1.10 bits per heavy atom. The molecular weight excluding hydrogens is 630 g/mol. The van der Waals surface area contributed by atoms with E-state index in [0.717, 1.165) is 57.8 Å². The van der Waals surface area contributed by atoms with Gasteiger partial charge in [0, 0.05) is 19.3 Å². The molecule has 0 aliphatic heterocycles. The normalized spacial score (nSPS) is 13.7. The van der Waals surface area contributed by atoms with Crippen molar-refractivity contribution in [2.75, 3.05) is 41.0 Å². The van der Waals surface area contributed by atoms with Crippen molar-refractivity contribution in [2.24, 2.45) is 0 Å². The Labute approximate surface area is 305 Å². The molecule has 1 N–H and O–H groups in total. The van der Waals surface area contributed by atoms with E-state index in [1.165, 1.54) is 38.5 Å². The van der Waals surface area contributed by atoms with Crippen LogP contribution in [0, 0.1) is 0 Å². The number of carboxylic acid groups (broad SMARTS) is 1. The Bertz CT molecular complexity index is 1010. The molecule has 0 aromatic heterocycles. The second-order valence-corrected chi connectivity index (χ2v) is 13.8. The van der Waals surface area contributed by atoms with Gasteiger partial charge >= 0.3 is 17.9 Å². The molecule has 8 nitrogen and oxygen atoms in total. The number of likely N-dealkylation sites (N-methyl/N-ethyl adjacent to an activating group) is 1. The highest BCUT2D eigenvalue weighted by Crippen LogP contribution is 2.13. The van der Waals surface area contributed by atoms with Gasteiger partial charge < -0.3 is 23.8 Å². The van der Waals surface area contributed by atoms with Gasteiger partial charge in [-0.2, -0.15) is 0 Å². The largest absolute Gasteiger partial charge is 0.477 e. The summed E-state index contributed by atoms with van der Waals surface area (Å²) in [4.78, 5) is 36.6. The minimum absolute atomic E-state index is 0.0336.